The second-order valence-electron chi connectivity index (χ2n) is 7.73. The van der Waals surface area contributed by atoms with Gasteiger partial charge in [-0.1, -0.05) is 17.3 Å². The number of hydrogen-bond acceptors (Lipinski definition) is 5. The monoisotopic (exact) mass is 415 g/mol. The van der Waals surface area contributed by atoms with Crippen molar-refractivity contribution in [2.75, 3.05) is 25.1 Å². The Kier molecular flexibility index (Phi) is 6.30. The van der Waals surface area contributed by atoms with Crippen LogP contribution in [0.4, 0.5) is 14.9 Å². The van der Waals surface area contributed by atoms with Crippen molar-refractivity contribution in [1.82, 2.24) is 10.1 Å². The number of hydrogen-bond donors (Lipinski definition) is 1. The standard InChI is InChI=1S/C22H26FN3O4/c23-11-13-29-22(28)26-12-4-3-10-19(26)20-14-18(25-30-20)21(27)24-17-9-5-7-15-6-1-2-8-16(15)17/h5,7,9,14,19H,1-4,6,8,10-13H2,(H,24,27). The summed E-state index contributed by atoms with van der Waals surface area (Å²) in [4.78, 5) is 26.5. The van der Waals surface area contributed by atoms with Crippen molar-refractivity contribution in [1.29, 1.82) is 0 Å². The lowest BCUT2D eigenvalue weighted by molar-refractivity contribution is 0.0616. The predicted octanol–water partition coefficient (Wildman–Crippen LogP) is 4.44. The van der Waals surface area contributed by atoms with Crippen LogP contribution in [0.2, 0.25) is 0 Å². The van der Waals surface area contributed by atoms with E-state index in [1.165, 1.54) is 22.4 Å². The van der Waals surface area contributed by atoms with Crippen LogP contribution in [0.15, 0.2) is 28.8 Å². The van der Waals surface area contributed by atoms with Crippen LogP contribution in [-0.4, -0.2) is 41.9 Å². The molecule has 0 spiro atoms. The number of nitrogens with zero attached hydrogens (tertiary/aromatic N) is 2. The van der Waals surface area contributed by atoms with E-state index in [1.807, 2.05) is 12.1 Å². The Labute approximate surface area is 174 Å². The third-order valence-electron chi connectivity index (χ3n) is 5.77. The highest BCUT2D eigenvalue weighted by Crippen LogP contribution is 2.32. The molecule has 1 aromatic heterocycles. The molecule has 4 rings (SSSR count). The van der Waals surface area contributed by atoms with Gasteiger partial charge in [-0.2, -0.15) is 0 Å². The average molecular weight is 415 g/mol. The summed E-state index contributed by atoms with van der Waals surface area (Å²) in [6.07, 6.45) is 6.12. The fourth-order valence-corrected chi connectivity index (χ4v) is 4.29. The van der Waals surface area contributed by atoms with E-state index in [1.54, 1.807) is 6.07 Å². The predicted molar refractivity (Wildman–Crippen MR) is 108 cm³/mol. The second kappa shape index (κ2) is 9.28. The van der Waals surface area contributed by atoms with Crippen molar-refractivity contribution in [3.63, 3.8) is 0 Å². The summed E-state index contributed by atoms with van der Waals surface area (Å²) >= 11 is 0. The van der Waals surface area contributed by atoms with Gasteiger partial charge in [-0.3, -0.25) is 9.69 Å². The van der Waals surface area contributed by atoms with E-state index in [4.69, 9.17) is 9.26 Å². The first-order valence-electron chi connectivity index (χ1n) is 10.6. The van der Waals surface area contributed by atoms with Crippen molar-refractivity contribution < 1.29 is 23.2 Å². The molecule has 2 amide bonds. The van der Waals surface area contributed by atoms with Crippen molar-refractivity contribution in [2.24, 2.45) is 0 Å². The van der Waals surface area contributed by atoms with E-state index >= 15 is 0 Å². The molecule has 0 bridgehead atoms. The SMILES string of the molecule is O=C(Nc1cccc2c1CCCC2)c1cc(C2CCCCN2C(=O)OCCF)on1. The first-order chi connectivity index (χ1) is 14.7. The van der Waals surface area contributed by atoms with Gasteiger partial charge in [-0.05, 0) is 62.1 Å². The number of piperidine rings is 1. The number of ether oxygens (including phenoxy) is 1. The van der Waals surface area contributed by atoms with Crippen LogP contribution in [0.3, 0.4) is 0 Å². The zero-order chi connectivity index (χ0) is 20.9. The minimum atomic E-state index is -0.722. The highest BCUT2D eigenvalue weighted by Gasteiger charge is 2.32. The van der Waals surface area contributed by atoms with Gasteiger partial charge >= 0.3 is 6.09 Å². The molecule has 2 aliphatic rings. The Morgan fingerprint density at radius 3 is 2.97 bits per heavy atom. The summed E-state index contributed by atoms with van der Waals surface area (Å²) in [6.45, 7) is -0.498. The van der Waals surface area contributed by atoms with Gasteiger partial charge < -0.3 is 14.6 Å². The van der Waals surface area contributed by atoms with E-state index in [2.05, 4.69) is 16.5 Å². The normalized spacial score (nSPS) is 18.6. The molecule has 0 saturated carbocycles. The Balaban J connectivity index is 1.48. The highest BCUT2D eigenvalue weighted by atomic mass is 19.1. The summed E-state index contributed by atoms with van der Waals surface area (Å²) in [5, 5.41) is 6.89. The molecule has 160 valence electrons. The smallest absolute Gasteiger partial charge is 0.410 e. The largest absolute Gasteiger partial charge is 0.447 e. The van der Waals surface area contributed by atoms with Gasteiger partial charge in [0.1, 0.15) is 13.3 Å². The van der Waals surface area contributed by atoms with Crippen molar-refractivity contribution in [3.05, 3.63) is 46.8 Å². The summed E-state index contributed by atoms with van der Waals surface area (Å²) in [5.41, 5.74) is 3.45. The van der Waals surface area contributed by atoms with Gasteiger partial charge in [0.15, 0.2) is 11.5 Å². The number of aromatic nitrogens is 1. The molecular formula is C22H26FN3O4. The second-order valence-corrected chi connectivity index (χ2v) is 7.73. The van der Waals surface area contributed by atoms with E-state index < -0.39 is 12.8 Å². The molecule has 1 aliphatic carbocycles. The number of rotatable bonds is 5. The minimum absolute atomic E-state index is 0.168. The Bertz CT molecular complexity index is 914. The van der Waals surface area contributed by atoms with Crippen LogP contribution < -0.4 is 5.32 Å². The fraction of sp³-hybridized carbons (Fsp3) is 0.500. The first kappa shape index (κ1) is 20.4. The average Bonchev–Trinajstić information content (AvgIpc) is 3.28. The van der Waals surface area contributed by atoms with Gasteiger partial charge in [0, 0.05) is 18.3 Å². The summed E-state index contributed by atoms with van der Waals surface area (Å²) < 4.78 is 22.7. The third kappa shape index (κ3) is 4.32. The lowest BCUT2D eigenvalue weighted by Crippen LogP contribution is -2.39. The Morgan fingerprint density at radius 2 is 2.10 bits per heavy atom. The van der Waals surface area contributed by atoms with E-state index in [9.17, 15) is 14.0 Å². The molecule has 30 heavy (non-hydrogen) atoms. The number of likely N-dealkylation sites (tertiary alicyclic amines) is 1. The van der Waals surface area contributed by atoms with Crippen molar-refractivity contribution in [2.45, 2.75) is 51.0 Å². The van der Waals surface area contributed by atoms with Crippen LogP contribution in [0, 0.1) is 0 Å². The number of carbonyl (C=O) groups excluding carboxylic acids is 2. The fourth-order valence-electron chi connectivity index (χ4n) is 4.29. The summed E-state index contributed by atoms with van der Waals surface area (Å²) in [5.74, 6) is 0.0958. The number of anilines is 1. The van der Waals surface area contributed by atoms with Crippen molar-refractivity contribution in [3.8, 4) is 0 Å². The molecule has 7 nitrogen and oxygen atoms in total. The van der Waals surface area contributed by atoms with E-state index in [0.717, 1.165) is 37.8 Å². The maximum Gasteiger partial charge on any atom is 0.410 e. The maximum absolute atomic E-state index is 12.8. The van der Waals surface area contributed by atoms with E-state index in [0.29, 0.717) is 18.7 Å². The lowest BCUT2D eigenvalue weighted by Gasteiger charge is -2.33. The number of nitrogens with one attached hydrogen (secondary N) is 1. The van der Waals surface area contributed by atoms with Gasteiger partial charge in [-0.15, -0.1) is 0 Å². The first-order valence-corrected chi connectivity index (χ1v) is 10.6. The van der Waals surface area contributed by atoms with Gasteiger partial charge in [0.2, 0.25) is 0 Å². The number of amides is 2. The number of alkyl halides is 1. The third-order valence-corrected chi connectivity index (χ3v) is 5.77. The maximum atomic E-state index is 12.8. The molecule has 1 fully saturated rings. The van der Waals surface area contributed by atoms with Crippen LogP contribution in [0.25, 0.3) is 0 Å². The van der Waals surface area contributed by atoms with Gasteiger partial charge in [0.05, 0.1) is 6.04 Å². The molecule has 1 aliphatic heterocycles. The zero-order valence-corrected chi connectivity index (χ0v) is 16.9. The minimum Gasteiger partial charge on any atom is -0.447 e. The Morgan fingerprint density at radius 1 is 1.23 bits per heavy atom. The molecule has 8 heteroatoms. The molecule has 1 aromatic carbocycles. The van der Waals surface area contributed by atoms with Crippen molar-refractivity contribution >= 4 is 17.7 Å². The number of halogens is 1. The zero-order valence-electron chi connectivity index (χ0n) is 16.9. The number of carbonyl (C=O) groups is 2. The molecule has 1 saturated heterocycles. The number of fused-ring (bicyclic) bond motifs is 1. The van der Waals surface area contributed by atoms with E-state index in [-0.39, 0.29) is 24.2 Å². The van der Waals surface area contributed by atoms with Gasteiger partial charge in [0.25, 0.3) is 5.91 Å². The van der Waals surface area contributed by atoms with Crippen LogP contribution in [0.5, 0.6) is 0 Å². The molecule has 1 N–H and O–H groups in total. The molecule has 1 atom stereocenters. The number of aryl methyl sites for hydroxylation is 1. The highest BCUT2D eigenvalue weighted by molar-refractivity contribution is 6.03. The van der Waals surface area contributed by atoms with Crippen LogP contribution >= 0.6 is 0 Å². The topological polar surface area (TPSA) is 84.7 Å². The molecular weight excluding hydrogens is 389 g/mol. The molecule has 2 heterocycles. The Hall–Kier alpha value is -2.90. The number of benzene rings is 1. The van der Waals surface area contributed by atoms with Gasteiger partial charge in [-0.25, -0.2) is 9.18 Å². The molecule has 2 aromatic rings. The summed E-state index contributed by atoms with van der Waals surface area (Å²) in [6, 6.07) is 7.18. The lowest BCUT2D eigenvalue weighted by atomic mass is 9.90. The van der Waals surface area contributed by atoms with Crippen LogP contribution in [0.1, 0.15) is 65.5 Å². The summed E-state index contributed by atoms with van der Waals surface area (Å²) in [7, 11) is 0. The quantitative estimate of drug-likeness (QED) is 0.780. The van der Waals surface area contributed by atoms with Crippen LogP contribution in [-0.2, 0) is 17.6 Å². The molecule has 0 radical (unpaired) electrons. The molecule has 1 unspecified atom stereocenters.